The molecule has 1 unspecified atom stereocenters. The smallest absolute Gasteiger partial charge is 0.287 e. The van der Waals surface area contributed by atoms with Crippen LogP contribution in [-0.4, -0.2) is 11.9 Å². The highest BCUT2D eigenvalue weighted by Gasteiger charge is 2.12. The minimum atomic E-state index is -0.277. The van der Waals surface area contributed by atoms with Crippen molar-refractivity contribution >= 4 is 5.91 Å². The summed E-state index contributed by atoms with van der Waals surface area (Å²) in [6.45, 7) is 3.55. The molecule has 4 nitrogen and oxygen atoms in total. The maximum absolute atomic E-state index is 11.4. The van der Waals surface area contributed by atoms with Crippen molar-refractivity contribution in [3.8, 4) is 6.07 Å². The van der Waals surface area contributed by atoms with Crippen LogP contribution in [0.3, 0.4) is 0 Å². The predicted molar refractivity (Wildman–Crippen MR) is 50.6 cm³/mol. The number of hydrogen-bond acceptors (Lipinski definition) is 3. The van der Waals surface area contributed by atoms with Gasteiger partial charge in [0.2, 0.25) is 0 Å². The van der Waals surface area contributed by atoms with E-state index in [2.05, 4.69) is 5.32 Å². The average molecular weight is 192 g/mol. The summed E-state index contributed by atoms with van der Waals surface area (Å²) < 4.78 is 5.13. The molecule has 1 aromatic rings. The maximum atomic E-state index is 11.4. The summed E-state index contributed by atoms with van der Waals surface area (Å²) in [5, 5.41) is 11.1. The standard InChI is InChI=1S/C10H12N2O2/c1-7(5-6-11)12-10(13)9-4-3-8(2)14-9/h3-4,7H,5H2,1-2H3,(H,12,13). The first-order valence-corrected chi connectivity index (χ1v) is 4.37. The fraction of sp³-hybridized carbons (Fsp3) is 0.400. The number of hydrogen-bond donors (Lipinski definition) is 1. The molecule has 0 aromatic carbocycles. The lowest BCUT2D eigenvalue weighted by Crippen LogP contribution is -2.31. The molecule has 0 saturated heterocycles. The van der Waals surface area contributed by atoms with Gasteiger partial charge in [-0.1, -0.05) is 0 Å². The van der Waals surface area contributed by atoms with Gasteiger partial charge < -0.3 is 9.73 Å². The van der Waals surface area contributed by atoms with Gasteiger partial charge in [0.25, 0.3) is 5.91 Å². The van der Waals surface area contributed by atoms with E-state index in [1.165, 1.54) is 0 Å². The molecule has 1 heterocycles. The van der Waals surface area contributed by atoms with Gasteiger partial charge in [-0.05, 0) is 26.0 Å². The molecule has 0 aliphatic heterocycles. The zero-order chi connectivity index (χ0) is 10.6. The number of nitriles is 1. The Kier molecular flexibility index (Phi) is 3.29. The SMILES string of the molecule is Cc1ccc(C(=O)NC(C)CC#N)o1. The molecule has 1 atom stereocenters. The monoisotopic (exact) mass is 192 g/mol. The van der Waals surface area contributed by atoms with E-state index >= 15 is 0 Å². The van der Waals surface area contributed by atoms with Gasteiger partial charge in [0, 0.05) is 6.04 Å². The van der Waals surface area contributed by atoms with Gasteiger partial charge in [0.1, 0.15) is 5.76 Å². The lowest BCUT2D eigenvalue weighted by atomic mass is 10.2. The van der Waals surface area contributed by atoms with Crippen LogP contribution in [-0.2, 0) is 0 Å². The number of amides is 1. The summed E-state index contributed by atoms with van der Waals surface area (Å²) in [6, 6.07) is 5.17. The maximum Gasteiger partial charge on any atom is 0.287 e. The van der Waals surface area contributed by atoms with E-state index in [0.29, 0.717) is 12.2 Å². The minimum absolute atomic E-state index is 0.155. The molecule has 1 amide bonds. The van der Waals surface area contributed by atoms with E-state index in [-0.39, 0.29) is 17.7 Å². The second-order valence-corrected chi connectivity index (χ2v) is 3.15. The van der Waals surface area contributed by atoms with Gasteiger partial charge in [-0.2, -0.15) is 5.26 Å². The third-order valence-corrected chi connectivity index (χ3v) is 1.74. The number of aryl methyl sites for hydroxylation is 1. The summed E-state index contributed by atoms with van der Waals surface area (Å²) in [4.78, 5) is 11.4. The molecule has 1 aromatic heterocycles. The van der Waals surface area contributed by atoms with Crippen LogP contribution >= 0.6 is 0 Å². The van der Waals surface area contributed by atoms with Gasteiger partial charge in [0.05, 0.1) is 12.5 Å². The second-order valence-electron chi connectivity index (χ2n) is 3.15. The zero-order valence-corrected chi connectivity index (χ0v) is 8.20. The van der Waals surface area contributed by atoms with Gasteiger partial charge in [0.15, 0.2) is 5.76 Å². The first kappa shape index (κ1) is 10.3. The van der Waals surface area contributed by atoms with Crippen molar-refractivity contribution < 1.29 is 9.21 Å². The summed E-state index contributed by atoms with van der Waals surface area (Å²) >= 11 is 0. The first-order valence-electron chi connectivity index (χ1n) is 4.37. The summed E-state index contributed by atoms with van der Waals surface area (Å²) in [5.74, 6) is 0.705. The van der Waals surface area contributed by atoms with Crippen LogP contribution < -0.4 is 5.32 Å². The fourth-order valence-electron chi connectivity index (χ4n) is 1.04. The van der Waals surface area contributed by atoms with E-state index < -0.39 is 0 Å². The Morgan fingerprint density at radius 3 is 2.93 bits per heavy atom. The zero-order valence-electron chi connectivity index (χ0n) is 8.20. The highest BCUT2D eigenvalue weighted by atomic mass is 16.3. The molecule has 1 N–H and O–H groups in total. The van der Waals surface area contributed by atoms with E-state index in [1.807, 2.05) is 6.07 Å². The molecule has 0 spiro atoms. The van der Waals surface area contributed by atoms with Crippen LogP contribution in [0.1, 0.15) is 29.7 Å². The van der Waals surface area contributed by atoms with Crippen molar-refractivity contribution in [2.75, 3.05) is 0 Å². The number of carbonyl (C=O) groups is 1. The molecule has 0 bridgehead atoms. The molecule has 0 aliphatic carbocycles. The Hall–Kier alpha value is -1.76. The Balaban J connectivity index is 2.55. The Labute approximate surface area is 82.5 Å². The van der Waals surface area contributed by atoms with Crippen LogP contribution in [0.5, 0.6) is 0 Å². The van der Waals surface area contributed by atoms with Crippen molar-refractivity contribution in [1.29, 1.82) is 5.26 Å². The third kappa shape index (κ3) is 2.63. The lowest BCUT2D eigenvalue weighted by molar-refractivity contribution is 0.0911. The average Bonchev–Trinajstić information content (AvgIpc) is 2.52. The number of rotatable bonds is 3. The summed E-state index contributed by atoms with van der Waals surface area (Å²) in [6.07, 6.45) is 0.297. The fourth-order valence-corrected chi connectivity index (χ4v) is 1.04. The van der Waals surface area contributed by atoms with E-state index in [9.17, 15) is 4.79 Å². The van der Waals surface area contributed by atoms with E-state index in [1.54, 1.807) is 26.0 Å². The highest BCUT2D eigenvalue weighted by Crippen LogP contribution is 2.06. The van der Waals surface area contributed by atoms with Gasteiger partial charge >= 0.3 is 0 Å². The number of furan rings is 1. The van der Waals surface area contributed by atoms with Crippen molar-refractivity contribution in [3.63, 3.8) is 0 Å². The first-order chi connectivity index (χ1) is 6.63. The van der Waals surface area contributed by atoms with Crippen molar-refractivity contribution in [2.24, 2.45) is 0 Å². The van der Waals surface area contributed by atoms with Crippen molar-refractivity contribution in [1.82, 2.24) is 5.32 Å². The topological polar surface area (TPSA) is 66.0 Å². The normalized spacial score (nSPS) is 11.8. The van der Waals surface area contributed by atoms with E-state index in [0.717, 1.165) is 0 Å². The number of carbonyl (C=O) groups excluding carboxylic acids is 1. The largest absolute Gasteiger partial charge is 0.456 e. The quantitative estimate of drug-likeness (QED) is 0.791. The number of nitrogens with zero attached hydrogens (tertiary/aromatic N) is 1. The molecular formula is C10H12N2O2. The van der Waals surface area contributed by atoms with Gasteiger partial charge in [-0.15, -0.1) is 0 Å². The van der Waals surface area contributed by atoms with Crippen LogP contribution in [0.25, 0.3) is 0 Å². The van der Waals surface area contributed by atoms with Crippen molar-refractivity contribution in [3.05, 3.63) is 23.7 Å². The highest BCUT2D eigenvalue weighted by molar-refractivity contribution is 5.91. The summed E-state index contributed by atoms with van der Waals surface area (Å²) in [7, 11) is 0. The molecule has 74 valence electrons. The minimum Gasteiger partial charge on any atom is -0.456 e. The molecule has 0 fully saturated rings. The molecule has 0 radical (unpaired) electrons. The molecule has 0 saturated carbocycles. The molecule has 4 heteroatoms. The Bertz CT molecular complexity index is 362. The summed E-state index contributed by atoms with van der Waals surface area (Å²) in [5.41, 5.74) is 0. The van der Waals surface area contributed by atoms with Crippen LogP contribution in [0, 0.1) is 18.3 Å². The Morgan fingerprint density at radius 2 is 2.43 bits per heavy atom. The van der Waals surface area contributed by atoms with Crippen LogP contribution in [0.4, 0.5) is 0 Å². The lowest BCUT2D eigenvalue weighted by Gasteiger charge is -2.07. The van der Waals surface area contributed by atoms with Crippen LogP contribution in [0.15, 0.2) is 16.5 Å². The molecule has 14 heavy (non-hydrogen) atoms. The predicted octanol–water partition coefficient (Wildman–Crippen LogP) is 1.62. The molecular weight excluding hydrogens is 180 g/mol. The second kappa shape index (κ2) is 4.47. The van der Waals surface area contributed by atoms with Crippen molar-refractivity contribution in [2.45, 2.75) is 26.3 Å². The van der Waals surface area contributed by atoms with E-state index in [4.69, 9.17) is 9.68 Å². The number of nitrogens with one attached hydrogen (secondary N) is 1. The third-order valence-electron chi connectivity index (χ3n) is 1.74. The molecule has 1 rings (SSSR count). The Morgan fingerprint density at radius 1 is 1.71 bits per heavy atom. The van der Waals surface area contributed by atoms with Crippen LogP contribution in [0.2, 0.25) is 0 Å². The molecule has 0 aliphatic rings. The van der Waals surface area contributed by atoms with Gasteiger partial charge in [-0.3, -0.25) is 4.79 Å². The van der Waals surface area contributed by atoms with Gasteiger partial charge in [-0.25, -0.2) is 0 Å².